The number of nitrogens with zero attached hydrogens (tertiary/aromatic N) is 3. The van der Waals surface area contributed by atoms with Crippen molar-refractivity contribution in [1.29, 1.82) is 0 Å². The first kappa shape index (κ1) is 19.9. The molecule has 30 heavy (non-hydrogen) atoms. The highest BCUT2D eigenvalue weighted by Gasteiger charge is 2.15. The number of benzene rings is 2. The normalized spacial score (nSPS) is 10.9. The molecule has 4 rings (SSSR count). The van der Waals surface area contributed by atoms with Crippen molar-refractivity contribution in [3.8, 4) is 23.0 Å². The number of amides is 1. The summed E-state index contributed by atoms with van der Waals surface area (Å²) in [4.78, 5) is 16.9. The second kappa shape index (κ2) is 8.55. The number of aryl methyl sites for hydroxylation is 2. The van der Waals surface area contributed by atoms with Crippen LogP contribution in [-0.2, 0) is 17.9 Å². The minimum atomic E-state index is -0.0943. The number of hydrogen-bond donors (Lipinski definition) is 1. The van der Waals surface area contributed by atoms with Crippen LogP contribution in [0.1, 0.15) is 16.7 Å². The summed E-state index contributed by atoms with van der Waals surface area (Å²) >= 11 is 5.93. The summed E-state index contributed by atoms with van der Waals surface area (Å²) in [6.07, 6.45) is 1.82. The molecule has 0 aliphatic heterocycles. The Labute approximate surface area is 179 Å². The summed E-state index contributed by atoms with van der Waals surface area (Å²) in [5.41, 5.74) is 5.01. The topological polar surface area (TPSA) is 73.0 Å². The van der Waals surface area contributed by atoms with Crippen molar-refractivity contribution in [1.82, 2.24) is 20.0 Å². The van der Waals surface area contributed by atoms with Crippen LogP contribution in [0.3, 0.4) is 0 Å². The SMILES string of the molecule is Cc1ccc(CNC(=O)Cn2cccc2-c2nc(-c3ccc(Cl)cc3)no2)cc1C. The third kappa shape index (κ3) is 4.44. The van der Waals surface area contributed by atoms with Crippen LogP contribution in [0, 0.1) is 13.8 Å². The Balaban J connectivity index is 1.43. The molecule has 0 aliphatic carbocycles. The molecule has 0 bridgehead atoms. The van der Waals surface area contributed by atoms with E-state index in [4.69, 9.17) is 16.1 Å². The van der Waals surface area contributed by atoms with Gasteiger partial charge in [-0.3, -0.25) is 4.79 Å². The molecular weight excluding hydrogens is 400 g/mol. The highest BCUT2D eigenvalue weighted by molar-refractivity contribution is 6.30. The zero-order valence-electron chi connectivity index (χ0n) is 16.7. The monoisotopic (exact) mass is 420 g/mol. The van der Waals surface area contributed by atoms with Crippen LogP contribution in [0.25, 0.3) is 23.0 Å². The molecule has 4 aromatic rings. The van der Waals surface area contributed by atoms with E-state index < -0.39 is 0 Å². The van der Waals surface area contributed by atoms with Gasteiger partial charge in [-0.1, -0.05) is 35.0 Å². The zero-order valence-corrected chi connectivity index (χ0v) is 17.5. The number of halogens is 1. The van der Waals surface area contributed by atoms with Gasteiger partial charge >= 0.3 is 0 Å². The molecular formula is C23H21ClN4O2. The van der Waals surface area contributed by atoms with Crippen LogP contribution in [0.4, 0.5) is 0 Å². The summed E-state index contributed by atoms with van der Waals surface area (Å²) in [6, 6.07) is 17.1. The summed E-state index contributed by atoms with van der Waals surface area (Å²) in [5.74, 6) is 0.726. The van der Waals surface area contributed by atoms with Crippen LogP contribution in [-0.4, -0.2) is 20.6 Å². The molecule has 0 saturated heterocycles. The summed E-state index contributed by atoms with van der Waals surface area (Å²) in [6.45, 7) is 4.78. The van der Waals surface area contributed by atoms with Crippen molar-refractivity contribution in [3.63, 3.8) is 0 Å². The van der Waals surface area contributed by atoms with E-state index in [9.17, 15) is 4.79 Å². The van der Waals surface area contributed by atoms with Gasteiger partial charge in [-0.15, -0.1) is 0 Å². The van der Waals surface area contributed by atoms with Crippen molar-refractivity contribution in [2.24, 2.45) is 0 Å². The number of carbonyl (C=O) groups excluding carboxylic acids is 1. The molecule has 7 heteroatoms. The van der Waals surface area contributed by atoms with E-state index in [0.717, 1.165) is 11.1 Å². The van der Waals surface area contributed by atoms with Crippen molar-refractivity contribution in [3.05, 3.63) is 82.5 Å². The molecule has 1 amide bonds. The molecule has 0 saturated carbocycles. The minimum Gasteiger partial charge on any atom is -0.350 e. The van der Waals surface area contributed by atoms with Crippen LogP contribution in [0.15, 0.2) is 65.3 Å². The van der Waals surface area contributed by atoms with Gasteiger partial charge in [0.1, 0.15) is 12.2 Å². The average Bonchev–Trinajstić information content (AvgIpc) is 3.39. The van der Waals surface area contributed by atoms with E-state index in [1.165, 1.54) is 11.1 Å². The fraction of sp³-hybridized carbons (Fsp3) is 0.174. The molecule has 0 aliphatic rings. The van der Waals surface area contributed by atoms with E-state index >= 15 is 0 Å². The molecule has 2 aromatic carbocycles. The fourth-order valence-electron chi connectivity index (χ4n) is 3.11. The van der Waals surface area contributed by atoms with Gasteiger partial charge in [-0.05, 0) is 66.9 Å². The molecule has 0 spiro atoms. The van der Waals surface area contributed by atoms with E-state index in [1.807, 2.05) is 36.5 Å². The number of hydrogen-bond acceptors (Lipinski definition) is 4. The lowest BCUT2D eigenvalue weighted by atomic mass is 10.1. The van der Waals surface area contributed by atoms with E-state index in [2.05, 4.69) is 41.4 Å². The van der Waals surface area contributed by atoms with Crippen LogP contribution < -0.4 is 5.32 Å². The van der Waals surface area contributed by atoms with Gasteiger partial charge in [0.05, 0.1) is 0 Å². The Hall–Kier alpha value is -3.38. The molecule has 0 atom stereocenters. The Morgan fingerprint density at radius 2 is 1.90 bits per heavy atom. The van der Waals surface area contributed by atoms with Gasteiger partial charge in [0.2, 0.25) is 11.7 Å². The fourth-order valence-corrected chi connectivity index (χ4v) is 3.24. The predicted octanol–water partition coefficient (Wildman–Crippen LogP) is 4.79. The lowest BCUT2D eigenvalue weighted by molar-refractivity contribution is -0.121. The Morgan fingerprint density at radius 1 is 1.10 bits per heavy atom. The number of nitrogens with one attached hydrogen (secondary N) is 1. The van der Waals surface area contributed by atoms with Crippen molar-refractivity contribution < 1.29 is 9.32 Å². The van der Waals surface area contributed by atoms with Crippen molar-refractivity contribution in [2.75, 3.05) is 0 Å². The molecule has 6 nitrogen and oxygen atoms in total. The summed E-state index contributed by atoms with van der Waals surface area (Å²) < 4.78 is 7.21. The lowest BCUT2D eigenvalue weighted by Gasteiger charge is -2.09. The number of carbonyl (C=O) groups is 1. The minimum absolute atomic E-state index is 0.0943. The largest absolute Gasteiger partial charge is 0.350 e. The predicted molar refractivity (Wildman–Crippen MR) is 116 cm³/mol. The Morgan fingerprint density at radius 3 is 2.67 bits per heavy atom. The van der Waals surface area contributed by atoms with Crippen molar-refractivity contribution >= 4 is 17.5 Å². The van der Waals surface area contributed by atoms with Gasteiger partial charge in [0.15, 0.2) is 0 Å². The maximum atomic E-state index is 12.5. The average molecular weight is 421 g/mol. The Bertz CT molecular complexity index is 1180. The first-order valence-corrected chi connectivity index (χ1v) is 9.95. The third-order valence-electron chi connectivity index (χ3n) is 4.95. The smallest absolute Gasteiger partial charge is 0.274 e. The van der Waals surface area contributed by atoms with Gasteiger partial charge in [-0.2, -0.15) is 4.98 Å². The zero-order chi connectivity index (χ0) is 21.1. The molecule has 0 radical (unpaired) electrons. The number of aromatic nitrogens is 3. The maximum absolute atomic E-state index is 12.5. The third-order valence-corrected chi connectivity index (χ3v) is 5.20. The standard InChI is InChI=1S/C23H21ClN4O2/c1-15-5-6-17(12-16(15)2)13-25-21(29)14-28-11-3-4-20(28)23-26-22(27-30-23)18-7-9-19(24)10-8-18/h3-12H,13-14H2,1-2H3,(H,25,29). The van der Waals surface area contributed by atoms with Crippen molar-refractivity contribution in [2.45, 2.75) is 26.9 Å². The lowest BCUT2D eigenvalue weighted by Crippen LogP contribution is -2.27. The molecule has 2 aromatic heterocycles. The molecule has 2 heterocycles. The van der Waals surface area contributed by atoms with Crippen LogP contribution >= 0.6 is 11.6 Å². The quantitative estimate of drug-likeness (QED) is 0.486. The van der Waals surface area contributed by atoms with Crippen LogP contribution in [0.2, 0.25) is 5.02 Å². The van der Waals surface area contributed by atoms with Gasteiger partial charge in [0, 0.05) is 23.3 Å². The molecule has 0 unspecified atom stereocenters. The second-order valence-electron chi connectivity index (χ2n) is 7.15. The maximum Gasteiger partial charge on any atom is 0.274 e. The first-order chi connectivity index (χ1) is 14.5. The molecule has 1 N–H and O–H groups in total. The van der Waals surface area contributed by atoms with Gasteiger partial charge in [0.25, 0.3) is 5.89 Å². The summed E-state index contributed by atoms with van der Waals surface area (Å²) in [7, 11) is 0. The molecule has 152 valence electrons. The molecule has 0 fully saturated rings. The van der Waals surface area contributed by atoms with E-state index in [0.29, 0.717) is 29.0 Å². The van der Waals surface area contributed by atoms with Crippen LogP contribution in [0.5, 0.6) is 0 Å². The highest BCUT2D eigenvalue weighted by atomic mass is 35.5. The summed E-state index contributed by atoms with van der Waals surface area (Å²) in [5, 5.41) is 7.64. The highest BCUT2D eigenvalue weighted by Crippen LogP contribution is 2.24. The van der Waals surface area contributed by atoms with E-state index in [1.54, 1.807) is 16.7 Å². The van der Waals surface area contributed by atoms with Gasteiger partial charge in [-0.25, -0.2) is 0 Å². The second-order valence-corrected chi connectivity index (χ2v) is 7.58. The Kier molecular flexibility index (Phi) is 5.68. The number of rotatable bonds is 6. The van der Waals surface area contributed by atoms with E-state index in [-0.39, 0.29) is 12.5 Å². The first-order valence-electron chi connectivity index (χ1n) is 9.57. The van der Waals surface area contributed by atoms with Gasteiger partial charge < -0.3 is 14.4 Å².